The quantitative estimate of drug-likeness (QED) is 0.848. The fourth-order valence-electron chi connectivity index (χ4n) is 2.34. The van der Waals surface area contributed by atoms with Crippen LogP contribution in [0.5, 0.6) is 0 Å². The van der Waals surface area contributed by atoms with Crippen LogP contribution in [-0.4, -0.2) is 22.4 Å². The van der Waals surface area contributed by atoms with Gasteiger partial charge in [0.25, 0.3) is 0 Å². The van der Waals surface area contributed by atoms with Crippen molar-refractivity contribution in [1.29, 1.82) is 0 Å². The van der Waals surface area contributed by atoms with E-state index in [1.807, 2.05) is 0 Å². The molecule has 1 atom stereocenters. The second kappa shape index (κ2) is 6.01. The maximum absolute atomic E-state index is 4.73. The Morgan fingerprint density at radius 2 is 2.06 bits per heavy atom. The first kappa shape index (κ1) is 13.1. The molecule has 3 nitrogen and oxygen atoms in total. The van der Waals surface area contributed by atoms with Crippen LogP contribution in [0.15, 0.2) is 24.3 Å². The van der Waals surface area contributed by atoms with E-state index in [2.05, 4.69) is 55.0 Å². The summed E-state index contributed by atoms with van der Waals surface area (Å²) in [6, 6.07) is 8.99. The summed E-state index contributed by atoms with van der Waals surface area (Å²) >= 11 is 0. The van der Waals surface area contributed by atoms with Crippen molar-refractivity contribution in [2.45, 2.75) is 46.2 Å². The van der Waals surface area contributed by atoms with Crippen LogP contribution in [-0.2, 0) is 13.0 Å². The largest absolute Gasteiger partial charge is 0.314 e. The first-order valence-electron chi connectivity index (χ1n) is 6.94. The number of nitrogens with one attached hydrogen (secondary N) is 1. The van der Waals surface area contributed by atoms with Gasteiger partial charge in [0, 0.05) is 24.4 Å². The molecular formula is C15H23N3. The van der Waals surface area contributed by atoms with Crippen molar-refractivity contribution >= 4 is 10.9 Å². The molecule has 0 amide bonds. The summed E-state index contributed by atoms with van der Waals surface area (Å²) in [4.78, 5) is 0. The van der Waals surface area contributed by atoms with Gasteiger partial charge in [0.15, 0.2) is 0 Å². The summed E-state index contributed by atoms with van der Waals surface area (Å²) in [6.07, 6.45) is 2.17. The summed E-state index contributed by atoms with van der Waals surface area (Å²) < 4.78 is 2.09. The van der Waals surface area contributed by atoms with Gasteiger partial charge < -0.3 is 5.32 Å². The highest BCUT2D eigenvalue weighted by molar-refractivity contribution is 5.82. The Labute approximate surface area is 109 Å². The van der Waals surface area contributed by atoms with Gasteiger partial charge in [0.1, 0.15) is 0 Å². The highest BCUT2D eigenvalue weighted by Crippen LogP contribution is 2.19. The van der Waals surface area contributed by atoms with Gasteiger partial charge in [-0.05, 0) is 32.9 Å². The van der Waals surface area contributed by atoms with Gasteiger partial charge in [-0.3, -0.25) is 4.68 Å². The lowest BCUT2D eigenvalue weighted by Gasteiger charge is -2.11. The molecule has 0 aliphatic rings. The molecule has 3 heteroatoms. The molecule has 0 saturated heterocycles. The molecule has 2 aromatic rings. The molecule has 98 valence electrons. The molecule has 1 aromatic carbocycles. The van der Waals surface area contributed by atoms with Gasteiger partial charge >= 0.3 is 0 Å². The monoisotopic (exact) mass is 245 g/mol. The van der Waals surface area contributed by atoms with Crippen LogP contribution in [0.1, 0.15) is 32.9 Å². The molecule has 0 fully saturated rings. The number of fused-ring (bicyclic) bond motifs is 1. The molecule has 1 unspecified atom stereocenters. The van der Waals surface area contributed by atoms with E-state index >= 15 is 0 Å². The minimum atomic E-state index is 0.480. The molecular weight excluding hydrogens is 222 g/mol. The van der Waals surface area contributed by atoms with Crippen molar-refractivity contribution in [1.82, 2.24) is 15.1 Å². The predicted octanol–water partition coefficient (Wildman–Crippen LogP) is 2.99. The summed E-state index contributed by atoms with van der Waals surface area (Å²) in [5.41, 5.74) is 2.46. The number of rotatable bonds is 6. The second-order valence-electron chi connectivity index (χ2n) is 4.84. The van der Waals surface area contributed by atoms with Crippen LogP contribution in [0.2, 0.25) is 0 Å². The summed E-state index contributed by atoms with van der Waals surface area (Å²) in [5, 5.41) is 9.55. The number of hydrogen-bond donors (Lipinski definition) is 1. The maximum Gasteiger partial charge on any atom is 0.0718 e. The Morgan fingerprint density at radius 1 is 1.28 bits per heavy atom. The number of aromatic nitrogens is 2. The number of para-hydroxylation sites is 1. The fraction of sp³-hybridized carbons (Fsp3) is 0.533. The molecule has 18 heavy (non-hydrogen) atoms. The predicted molar refractivity (Wildman–Crippen MR) is 76.9 cm³/mol. The number of nitrogens with zero attached hydrogens (tertiary/aromatic N) is 2. The van der Waals surface area contributed by atoms with E-state index in [1.165, 1.54) is 23.0 Å². The van der Waals surface area contributed by atoms with Gasteiger partial charge in [-0.25, -0.2) is 0 Å². The van der Waals surface area contributed by atoms with Gasteiger partial charge in [-0.15, -0.1) is 0 Å². The zero-order valence-electron chi connectivity index (χ0n) is 11.6. The molecule has 1 N–H and O–H groups in total. The van der Waals surface area contributed by atoms with Gasteiger partial charge in [-0.1, -0.05) is 25.1 Å². The van der Waals surface area contributed by atoms with Crippen LogP contribution < -0.4 is 5.32 Å². The molecule has 2 rings (SSSR count). The number of hydrogen-bond acceptors (Lipinski definition) is 2. The maximum atomic E-state index is 4.73. The third-order valence-electron chi connectivity index (χ3n) is 3.28. The van der Waals surface area contributed by atoms with Gasteiger partial charge in [-0.2, -0.15) is 5.10 Å². The molecule has 0 radical (unpaired) electrons. The van der Waals surface area contributed by atoms with Gasteiger partial charge in [0.05, 0.1) is 11.2 Å². The Morgan fingerprint density at radius 3 is 2.78 bits per heavy atom. The first-order valence-corrected chi connectivity index (χ1v) is 6.94. The third kappa shape index (κ3) is 2.72. The lowest BCUT2D eigenvalue weighted by atomic mass is 10.1. The van der Waals surface area contributed by atoms with E-state index in [0.29, 0.717) is 6.04 Å². The zero-order chi connectivity index (χ0) is 13.0. The summed E-state index contributed by atoms with van der Waals surface area (Å²) in [7, 11) is 0. The minimum absolute atomic E-state index is 0.480. The number of benzene rings is 1. The van der Waals surface area contributed by atoms with E-state index in [9.17, 15) is 0 Å². The normalized spacial score (nSPS) is 13.1. The highest BCUT2D eigenvalue weighted by atomic mass is 15.3. The Kier molecular flexibility index (Phi) is 4.37. The van der Waals surface area contributed by atoms with E-state index in [-0.39, 0.29) is 0 Å². The van der Waals surface area contributed by atoms with Gasteiger partial charge in [0.2, 0.25) is 0 Å². The molecule has 1 heterocycles. The van der Waals surface area contributed by atoms with Crippen LogP contribution in [0, 0.1) is 0 Å². The molecule has 0 saturated carbocycles. The average molecular weight is 245 g/mol. The first-order chi connectivity index (χ1) is 8.76. The fourth-order valence-corrected chi connectivity index (χ4v) is 2.34. The standard InChI is InChI=1S/C15H23N3/c1-4-10-16-12(3)11-14-13-8-6-7-9-15(13)18(5-2)17-14/h6-9,12,16H,4-5,10-11H2,1-3H3. The van der Waals surface area contributed by atoms with Crippen molar-refractivity contribution < 1.29 is 0 Å². The smallest absolute Gasteiger partial charge is 0.0718 e. The van der Waals surface area contributed by atoms with Crippen molar-refractivity contribution in [2.75, 3.05) is 6.54 Å². The zero-order valence-corrected chi connectivity index (χ0v) is 11.6. The molecule has 0 bridgehead atoms. The second-order valence-corrected chi connectivity index (χ2v) is 4.84. The van der Waals surface area contributed by atoms with E-state index in [1.54, 1.807) is 0 Å². The van der Waals surface area contributed by atoms with E-state index < -0.39 is 0 Å². The average Bonchev–Trinajstić information content (AvgIpc) is 2.75. The topological polar surface area (TPSA) is 29.9 Å². The van der Waals surface area contributed by atoms with Crippen molar-refractivity contribution in [3.63, 3.8) is 0 Å². The highest BCUT2D eigenvalue weighted by Gasteiger charge is 2.11. The third-order valence-corrected chi connectivity index (χ3v) is 3.28. The molecule has 0 aliphatic heterocycles. The van der Waals surface area contributed by atoms with Crippen LogP contribution in [0.4, 0.5) is 0 Å². The van der Waals surface area contributed by atoms with Crippen LogP contribution >= 0.6 is 0 Å². The van der Waals surface area contributed by atoms with Crippen molar-refractivity contribution in [3.05, 3.63) is 30.0 Å². The van der Waals surface area contributed by atoms with Crippen LogP contribution in [0.3, 0.4) is 0 Å². The molecule has 1 aromatic heterocycles. The minimum Gasteiger partial charge on any atom is -0.314 e. The van der Waals surface area contributed by atoms with Crippen molar-refractivity contribution in [3.8, 4) is 0 Å². The van der Waals surface area contributed by atoms with Crippen molar-refractivity contribution in [2.24, 2.45) is 0 Å². The molecule has 0 spiro atoms. The summed E-state index contributed by atoms with van der Waals surface area (Å²) in [5.74, 6) is 0. The Bertz CT molecular complexity index is 501. The van der Waals surface area contributed by atoms with Crippen LogP contribution in [0.25, 0.3) is 10.9 Å². The lowest BCUT2D eigenvalue weighted by molar-refractivity contribution is 0.534. The molecule has 0 aliphatic carbocycles. The lowest BCUT2D eigenvalue weighted by Crippen LogP contribution is -2.28. The van der Waals surface area contributed by atoms with E-state index in [0.717, 1.165) is 19.5 Å². The Balaban J connectivity index is 2.22. The Hall–Kier alpha value is -1.35. The van der Waals surface area contributed by atoms with E-state index in [4.69, 9.17) is 5.10 Å². The SMILES string of the molecule is CCCNC(C)Cc1nn(CC)c2ccccc12. The summed E-state index contributed by atoms with van der Waals surface area (Å²) in [6.45, 7) is 8.57. The number of aryl methyl sites for hydroxylation is 1.